The molecule has 1 N–H and O–H groups in total. The Morgan fingerprint density at radius 1 is 1.50 bits per heavy atom. The number of hydrogen-bond acceptors (Lipinski definition) is 3. The van der Waals surface area contributed by atoms with Crippen LogP contribution in [-0.2, 0) is 17.9 Å². The van der Waals surface area contributed by atoms with Crippen LogP contribution in [0, 0.1) is 0 Å². The molecule has 0 fully saturated rings. The zero-order chi connectivity index (χ0) is 14.7. The third kappa shape index (κ3) is 3.49. The highest BCUT2D eigenvalue weighted by atomic mass is 79.9. The van der Waals surface area contributed by atoms with Crippen molar-refractivity contribution in [3.05, 3.63) is 44.8 Å². The molecule has 0 aliphatic rings. The predicted molar refractivity (Wildman–Crippen MR) is 79.9 cm³/mol. The molecule has 0 aliphatic carbocycles. The first kappa shape index (κ1) is 14.8. The SMILES string of the molecule is CN(Cc1cc(Br)cs1)C(=O)c1cccn1CC(=O)O. The smallest absolute Gasteiger partial charge is 0.323 e. The number of rotatable bonds is 5. The maximum absolute atomic E-state index is 12.3. The first-order chi connectivity index (χ1) is 9.47. The van der Waals surface area contributed by atoms with Crippen molar-refractivity contribution in [2.24, 2.45) is 0 Å². The number of carboxylic acids is 1. The van der Waals surface area contributed by atoms with E-state index in [0.29, 0.717) is 12.2 Å². The average molecular weight is 357 g/mol. The Morgan fingerprint density at radius 2 is 2.25 bits per heavy atom. The number of amides is 1. The zero-order valence-electron chi connectivity index (χ0n) is 10.7. The fourth-order valence-electron chi connectivity index (χ4n) is 1.83. The summed E-state index contributed by atoms with van der Waals surface area (Å²) < 4.78 is 2.43. The van der Waals surface area contributed by atoms with Gasteiger partial charge in [-0.3, -0.25) is 9.59 Å². The van der Waals surface area contributed by atoms with Crippen LogP contribution >= 0.6 is 27.3 Å². The van der Waals surface area contributed by atoms with Gasteiger partial charge in [0.15, 0.2) is 0 Å². The molecule has 0 bridgehead atoms. The fourth-order valence-corrected chi connectivity index (χ4v) is 3.33. The van der Waals surface area contributed by atoms with Crippen LogP contribution in [0.4, 0.5) is 0 Å². The van der Waals surface area contributed by atoms with Gasteiger partial charge in [-0.1, -0.05) is 0 Å². The summed E-state index contributed by atoms with van der Waals surface area (Å²) in [6.07, 6.45) is 1.59. The first-order valence-corrected chi connectivity index (χ1v) is 7.50. The number of nitrogens with zero attached hydrogens (tertiary/aromatic N) is 2. The fraction of sp³-hybridized carbons (Fsp3) is 0.231. The third-order valence-corrected chi connectivity index (χ3v) is 4.40. The lowest BCUT2D eigenvalue weighted by atomic mass is 10.3. The Kier molecular flexibility index (Phi) is 4.61. The average Bonchev–Trinajstić information content (AvgIpc) is 2.97. The molecule has 106 valence electrons. The standard InChI is InChI=1S/C13H13BrN2O3S/c1-15(6-10-5-9(14)8-20-10)13(19)11-3-2-4-16(11)7-12(17)18/h2-5,8H,6-7H2,1H3,(H,17,18). The quantitative estimate of drug-likeness (QED) is 0.895. The van der Waals surface area contributed by atoms with Crippen LogP contribution in [0.2, 0.25) is 0 Å². The van der Waals surface area contributed by atoms with Gasteiger partial charge in [-0.15, -0.1) is 11.3 Å². The lowest BCUT2D eigenvalue weighted by Gasteiger charge is -2.17. The van der Waals surface area contributed by atoms with E-state index in [1.807, 2.05) is 11.4 Å². The van der Waals surface area contributed by atoms with Crippen LogP contribution in [0.5, 0.6) is 0 Å². The van der Waals surface area contributed by atoms with E-state index in [-0.39, 0.29) is 12.5 Å². The lowest BCUT2D eigenvalue weighted by Crippen LogP contribution is -2.28. The molecule has 0 aromatic carbocycles. The topological polar surface area (TPSA) is 62.5 Å². The molecule has 0 saturated heterocycles. The second-order valence-corrected chi connectivity index (χ2v) is 6.22. The van der Waals surface area contributed by atoms with Crippen molar-refractivity contribution in [2.75, 3.05) is 7.05 Å². The summed E-state index contributed by atoms with van der Waals surface area (Å²) in [6.45, 7) is 0.278. The molecule has 0 unspecified atom stereocenters. The molecule has 7 heteroatoms. The van der Waals surface area contributed by atoms with Crippen molar-refractivity contribution >= 4 is 39.1 Å². The molecule has 0 aliphatic heterocycles. The number of hydrogen-bond donors (Lipinski definition) is 1. The molecule has 1 amide bonds. The molecule has 2 aromatic heterocycles. The Morgan fingerprint density at radius 3 is 2.85 bits per heavy atom. The van der Waals surface area contributed by atoms with E-state index in [1.54, 1.807) is 41.6 Å². The van der Waals surface area contributed by atoms with Gasteiger partial charge in [0.05, 0.1) is 6.54 Å². The van der Waals surface area contributed by atoms with Crippen molar-refractivity contribution in [2.45, 2.75) is 13.1 Å². The molecule has 0 spiro atoms. The largest absolute Gasteiger partial charge is 0.480 e. The number of carbonyl (C=O) groups is 2. The van der Waals surface area contributed by atoms with Crippen molar-refractivity contribution in [1.82, 2.24) is 9.47 Å². The van der Waals surface area contributed by atoms with Crippen molar-refractivity contribution < 1.29 is 14.7 Å². The molecule has 0 atom stereocenters. The highest BCUT2D eigenvalue weighted by Gasteiger charge is 2.17. The van der Waals surface area contributed by atoms with E-state index < -0.39 is 5.97 Å². The van der Waals surface area contributed by atoms with Gasteiger partial charge in [0.25, 0.3) is 5.91 Å². The monoisotopic (exact) mass is 356 g/mol. The molecule has 2 aromatic rings. The first-order valence-electron chi connectivity index (χ1n) is 5.82. The molecule has 0 saturated carbocycles. The number of aromatic nitrogens is 1. The zero-order valence-corrected chi connectivity index (χ0v) is 13.1. The summed E-state index contributed by atoms with van der Waals surface area (Å²) in [4.78, 5) is 25.7. The Labute approximate surface area is 128 Å². The minimum atomic E-state index is -0.972. The van der Waals surface area contributed by atoms with Gasteiger partial charge in [0.1, 0.15) is 12.2 Å². The Bertz CT molecular complexity index is 635. The van der Waals surface area contributed by atoms with Crippen molar-refractivity contribution in [1.29, 1.82) is 0 Å². The Hall–Kier alpha value is -1.60. The van der Waals surface area contributed by atoms with E-state index >= 15 is 0 Å². The minimum absolute atomic E-state index is 0.194. The summed E-state index contributed by atoms with van der Waals surface area (Å²) >= 11 is 4.94. The molecule has 2 heterocycles. The number of aliphatic carboxylic acids is 1. The number of carbonyl (C=O) groups excluding carboxylic acids is 1. The summed E-state index contributed by atoms with van der Waals surface area (Å²) in [6, 6.07) is 5.27. The lowest BCUT2D eigenvalue weighted by molar-refractivity contribution is -0.137. The van der Waals surface area contributed by atoms with E-state index in [1.165, 1.54) is 4.57 Å². The Balaban J connectivity index is 2.10. The number of carboxylic acid groups (broad SMARTS) is 1. The molecular formula is C13H13BrN2O3S. The molecule has 5 nitrogen and oxygen atoms in total. The van der Waals surface area contributed by atoms with Crippen LogP contribution in [0.3, 0.4) is 0 Å². The van der Waals surface area contributed by atoms with Crippen LogP contribution in [0.25, 0.3) is 0 Å². The third-order valence-electron chi connectivity index (χ3n) is 2.72. The second kappa shape index (κ2) is 6.23. The minimum Gasteiger partial charge on any atom is -0.480 e. The van der Waals surface area contributed by atoms with Gasteiger partial charge in [0, 0.05) is 28.0 Å². The van der Waals surface area contributed by atoms with E-state index in [4.69, 9.17) is 5.11 Å². The van der Waals surface area contributed by atoms with Gasteiger partial charge in [-0.25, -0.2) is 0 Å². The normalized spacial score (nSPS) is 10.5. The molecule has 0 radical (unpaired) electrons. The van der Waals surface area contributed by atoms with E-state index in [2.05, 4.69) is 15.9 Å². The van der Waals surface area contributed by atoms with Crippen LogP contribution < -0.4 is 0 Å². The number of halogens is 1. The molecular weight excluding hydrogens is 344 g/mol. The molecule has 2 rings (SSSR count). The maximum atomic E-state index is 12.3. The van der Waals surface area contributed by atoms with Gasteiger partial charge in [0.2, 0.25) is 0 Å². The van der Waals surface area contributed by atoms with Crippen molar-refractivity contribution in [3.63, 3.8) is 0 Å². The second-order valence-electron chi connectivity index (χ2n) is 4.31. The summed E-state index contributed by atoms with van der Waals surface area (Å²) in [5.41, 5.74) is 0.380. The van der Waals surface area contributed by atoms with Gasteiger partial charge >= 0.3 is 5.97 Å². The van der Waals surface area contributed by atoms with Crippen LogP contribution in [0.15, 0.2) is 34.2 Å². The van der Waals surface area contributed by atoms with Gasteiger partial charge in [-0.2, -0.15) is 0 Å². The van der Waals surface area contributed by atoms with Crippen LogP contribution in [-0.4, -0.2) is 33.5 Å². The summed E-state index contributed by atoms with van der Waals surface area (Å²) in [5.74, 6) is -1.17. The van der Waals surface area contributed by atoms with Gasteiger partial charge in [-0.05, 0) is 34.1 Å². The number of thiophene rings is 1. The van der Waals surface area contributed by atoms with Crippen molar-refractivity contribution in [3.8, 4) is 0 Å². The summed E-state index contributed by atoms with van der Waals surface area (Å²) in [7, 11) is 1.70. The molecule has 20 heavy (non-hydrogen) atoms. The predicted octanol–water partition coefficient (Wildman–Crippen LogP) is 2.67. The van der Waals surface area contributed by atoms with E-state index in [9.17, 15) is 9.59 Å². The summed E-state index contributed by atoms with van der Waals surface area (Å²) in [5, 5.41) is 10.8. The maximum Gasteiger partial charge on any atom is 0.323 e. The van der Waals surface area contributed by atoms with E-state index in [0.717, 1.165) is 9.35 Å². The van der Waals surface area contributed by atoms with Crippen LogP contribution in [0.1, 0.15) is 15.4 Å². The highest BCUT2D eigenvalue weighted by molar-refractivity contribution is 9.10. The van der Waals surface area contributed by atoms with Gasteiger partial charge < -0.3 is 14.6 Å². The highest BCUT2D eigenvalue weighted by Crippen LogP contribution is 2.21.